The van der Waals surface area contributed by atoms with Crippen molar-refractivity contribution in [1.29, 1.82) is 5.26 Å². The number of aryl methyl sites for hydroxylation is 2. The monoisotopic (exact) mass is 328 g/mol. The van der Waals surface area contributed by atoms with Gasteiger partial charge in [-0.2, -0.15) is 5.26 Å². The molecular weight excluding hydrogens is 312 g/mol. The predicted molar refractivity (Wildman–Crippen MR) is 88.5 cm³/mol. The van der Waals surface area contributed by atoms with Gasteiger partial charge in [-0.05, 0) is 49.4 Å². The van der Waals surface area contributed by atoms with Crippen molar-refractivity contribution in [3.05, 3.63) is 47.2 Å². The van der Waals surface area contributed by atoms with Gasteiger partial charge in [0.15, 0.2) is 16.8 Å². The van der Waals surface area contributed by atoms with Gasteiger partial charge in [0.05, 0.1) is 6.07 Å². The number of carbonyl (C=O) groups is 2. The molecule has 0 unspecified atom stereocenters. The van der Waals surface area contributed by atoms with Crippen LogP contribution in [-0.4, -0.2) is 17.9 Å². The quantitative estimate of drug-likeness (QED) is 0.515. The number of Topliss-reactive ketones (excluding diaryl/α,β-unsaturated/α-hetero) is 1. The first-order valence-corrected chi connectivity index (χ1v) is 8.14. The fourth-order valence-electron chi connectivity index (χ4n) is 2.02. The Hall–Kier alpha value is -2.52. The van der Waals surface area contributed by atoms with E-state index in [1.54, 1.807) is 18.2 Å². The van der Waals surface area contributed by atoms with Crippen LogP contribution in [0.5, 0.6) is 0 Å². The SMILES string of the molecule is CSc1ccc(C(=O)[C@@H](C#N)C(=O)Nc2cc(C)ccc2C)o1. The number of nitrogens with zero attached hydrogens (tertiary/aromatic N) is 1. The van der Waals surface area contributed by atoms with Crippen molar-refractivity contribution in [1.82, 2.24) is 0 Å². The van der Waals surface area contributed by atoms with E-state index < -0.39 is 17.6 Å². The third kappa shape index (κ3) is 3.82. The van der Waals surface area contributed by atoms with Crippen molar-refractivity contribution < 1.29 is 14.0 Å². The second-order valence-corrected chi connectivity index (χ2v) is 5.87. The Kier molecular flexibility index (Phi) is 5.24. The van der Waals surface area contributed by atoms with Gasteiger partial charge in [-0.25, -0.2) is 0 Å². The van der Waals surface area contributed by atoms with Crippen molar-refractivity contribution in [3.8, 4) is 6.07 Å². The van der Waals surface area contributed by atoms with E-state index in [-0.39, 0.29) is 5.76 Å². The Morgan fingerprint density at radius 3 is 2.61 bits per heavy atom. The van der Waals surface area contributed by atoms with E-state index >= 15 is 0 Å². The van der Waals surface area contributed by atoms with Gasteiger partial charge in [-0.1, -0.05) is 23.9 Å². The molecule has 2 rings (SSSR count). The van der Waals surface area contributed by atoms with Gasteiger partial charge in [0.1, 0.15) is 0 Å². The summed E-state index contributed by atoms with van der Waals surface area (Å²) in [7, 11) is 0. The summed E-state index contributed by atoms with van der Waals surface area (Å²) in [5.74, 6) is -2.74. The second-order valence-electron chi connectivity index (χ2n) is 5.06. The first-order valence-electron chi connectivity index (χ1n) is 6.92. The maximum atomic E-state index is 12.3. The molecule has 0 radical (unpaired) electrons. The Labute approximate surface area is 138 Å². The number of benzene rings is 1. The van der Waals surface area contributed by atoms with Gasteiger partial charge >= 0.3 is 0 Å². The molecule has 0 bridgehead atoms. The number of nitriles is 1. The van der Waals surface area contributed by atoms with Gasteiger partial charge in [-0.15, -0.1) is 0 Å². The minimum atomic E-state index is -1.45. The molecule has 0 aliphatic rings. The van der Waals surface area contributed by atoms with Gasteiger partial charge in [0, 0.05) is 5.69 Å². The first kappa shape index (κ1) is 16.8. The van der Waals surface area contributed by atoms with Crippen LogP contribution in [0.25, 0.3) is 0 Å². The Bertz CT molecular complexity index is 789. The van der Waals surface area contributed by atoms with E-state index in [0.29, 0.717) is 10.8 Å². The van der Waals surface area contributed by atoms with Crippen LogP contribution in [0.2, 0.25) is 0 Å². The molecule has 1 aromatic heterocycles. The van der Waals surface area contributed by atoms with Crippen LogP contribution in [0.3, 0.4) is 0 Å². The number of thioether (sulfide) groups is 1. The third-order valence-corrected chi connectivity index (χ3v) is 3.95. The van der Waals surface area contributed by atoms with Crippen LogP contribution >= 0.6 is 11.8 Å². The highest BCUT2D eigenvalue weighted by molar-refractivity contribution is 7.98. The molecule has 23 heavy (non-hydrogen) atoms. The molecule has 0 aliphatic heterocycles. The third-order valence-electron chi connectivity index (χ3n) is 3.33. The minimum absolute atomic E-state index is 0.0111. The van der Waals surface area contributed by atoms with E-state index in [1.165, 1.54) is 17.8 Å². The molecule has 0 aliphatic carbocycles. The number of hydrogen-bond acceptors (Lipinski definition) is 5. The van der Waals surface area contributed by atoms with E-state index in [2.05, 4.69) is 5.32 Å². The molecule has 0 saturated heterocycles. The molecule has 2 aromatic rings. The predicted octanol–water partition coefficient (Wildman–Crippen LogP) is 3.58. The summed E-state index contributed by atoms with van der Waals surface area (Å²) in [6, 6.07) is 10.4. The number of nitrogens with one attached hydrogen (secondary N) is 1. The fourth-order valence-corrected chi connectivity index (χ4v) is 2.39. The van der Waals surface area contributed by atoms with Gasteiger partial charge in [0.2, 0.25) is 11.7 Å². The minimum Gasteiger partial charge on any atom is -0.447 e. The average Bonchev–Trinajstić information content (AvgIpc) is 3.00. The summed E-state index contributed by atoms with van der Waals surface area (Å²) in [4.78, 5) is 24.6. The number of anilines is 1. The topological polar surface area (TPSA) is 83.1 Å². The molecule has 0 saturated carbocycles. The van der Waals surface area contributed by atoms with Crippen LogP contribution in [-0.2, 0) is 4.79 Å². The summed E-state index contributed by atoms with van der Waals surface area (Å²) in [6.45, 7) is 3.74. The lowest BCUT2D eigenvalue weighted by atomic mass is 10.0. The summed E-state index contributed by atoms with van der Waals surface area (Å²) in [5, 5.41) is 12.4. The number of rotatable bonds is 5. The van der Waals surface area contributed by atoms with Crippen molar-refractivity contribution in [3.63, 3.8) is 0 Å². The molecule has 1 amide bonds. The molecular formula is C17H16N2O3S. The summed E-state index contributed by atoms with van der Waals surface area (Å²) in [6.07, 6.45) is 1.81. The molecule has 1 atom stereocenters. The molecule has 5 nitrogen and oxygen atoms in total. The maximum Gasteiger partial charge on any atom is 0.249 e. The Morgan fingerprint density at radius 1 is 1.26 bits per heavy atom. The van der Waals surface area contributed by atoms with Gasteiger partial charge in [-0.3, -0.25) is 9.59 Å². The molecule has 118 valence electrons. The normalized spacial score (nSPS) is 11.6. The Balaban J connectivity index is 2.20. The van der Waals surface area contributed by atoms with Crippen LogP contribution in [0.4, 0.5) is 5.69 Å². The molecule has 1 aromatic carbocycles. The highest BCUT2D eigenvalue weighted by Gasteiger charge is 2.30. The maximum absolute atomic E-state index is 12.3. The number of amides is 1. The highest BCUT2D eigenvalue weighted by Crippen LogP contribution is 2.22. The lowest BCUT2D eigenvalue weighted by Gasteiger charge is -2.11. The van der Waals surface area contributed by atoms with Crippen LogP contribution in [0.1, 0.15) is 21.7 Å². The Morgan fingerprint density at radius 2 is 2.00 bits per heavy atom. The average molecular weight is 328 g/mol. The molecule has 6 heteroatoms. The largest absolute Gasteiger partial charge is 0.447 e. The lowest BCUT2D eigenvalue weighted by molar-refractivity contribution is -0.117. The summed E-state index contributed by atoms with van der Waals surface area (Å²) in [5.41, 5.74) is 2.42. The molecule has 0 spiro atoms. The van der Waals surface area contributed by atoms with Crippen molar-refractivity contribution in [2.24, 2.45) is 5.92 Å². The number of ketones is 1. The number of hydrogen-bond donors (Lipinski definition) is 1. The zero-order valence-corrected chi connectivity index (χ0v) is 13.9. The van der Waals surface area contributed by atoms with Crippen LogP contribution in [0, 0.1) is 31.1 Å². The number of carbonyl (C=O) groups excluding carboxylic acids is 2. The smallest absolute Gasteiger partial charge is 0.249 e. The van der Waals surface area contributed by atoms with Crippen LogP contribution < -0.4 is 5.32 Å². The molecule has 1 heterocycles. The summed E-state index contributed by atoms with van der Waals surface area (Å²) < 4.78 is 5.30. The zero-order chi connectivity index (χ0) is 17.0. The van der Waals surface area contributed by atoms with Crippen molar-refractivity contribution in [2.45, 2.75) is 18.9 Å². The van der Waals surface area contributed by atoms with Crippen molar-refractivity contribution in [2.75, 3.05) is 11.6 Å². The first-order chi connectivity index (χ1) is 11.0. The summed E-state index contributed by atoms with van der Waals surface area (Å²) >= 11 is 1.34. The van der Waals surface area contributed by atoms with E-state index in [4.69, 9.17) is 4.42 Å². The molecule has 1 N–H and O–H groups in total. The fraction of sp³-hybridized carbons (Fsp3) is 0.235. The van der Waals surface area contributed by atoms with Gasteiger partial charge < -0.3 is 9.73 Å². The van der Waals surface area contributed by atoms with Crippen molar-refractivity contribution >= 4 is 29.1 Å². The van der Waals surface area contributed by atoms with E-state index in [0.717, 1.165) is 11.1 Å². The molecule has 0 fully saturated rings. The zero-order valence-electron chi connectivity index (χ0n) is 13.0. The van der Waals surface area contributed by atoms with Gasteiger partial charge in [0.25, 0.3) is 0 Å². The van der Waals surface area contributed by atoms with E-state index in [1.807, 2.05) is 32.2 Å². The highest BCUT2D eigenvalue weighted by atomic mass is 32.2. The second kappa shape index (κ2) is 7.16. The van der Waals surface area contributed by atoms with E-state index in [9.17, 15) is 14.9 Å². The standard InChI is InChI=1S/C17H16N2O3S/c1-10-4-5-11(2)13(8-10)19-17(21)12(9-18)16(20)14-6-7-15(22-14)23-3/h4-8,12H,1-3H3,(H,19,21)/t12-/m1/s1. The lowest BCUT2D eigenvalue weighted by Crippen LogP contribution is -2.28. The van der Waals surface area contributed by atoms with Crippen LogP contribution in [0.15, 0.2) is 39.8 Å². The number of furan rings is 1.